The Morgan fingerprint density at radius 1 is 1.23 bits per heavy atom. The van der Waals surface area contributed by atoms with Crippen LogP contribution in [-0.4, -0.2) is 44.5 Å². The van der Waals surface area contributed by atoms with E-state index in [9.17, 15) is 8.42 Å². The van der Waals surface area contributed by atoms with Crippen molar-refractivity contribution >= 4 is 9.84 Å². The Morgan fingerprint density at radius 2 is 1.77 bits per heavy atom. The third-order valence-electron chi connectivity index (χ3n) is 2.46. The summed E-state index contributed by atoms with van der Waals surface area (Å²) in [7, 11) is -2.70. The van der Waals surface area contributed by atoms with Crippen molar-refractivity contribution in [1.82, 2.24) is 4.90 Å². The normalized spacial score (nSPS) is 23.6. The molecule has 0 aromatic heterocycles. The van der Waals surface area contributed by atoms with E-state index in [2.05, 4.69) is 18.7 Å². The number of rotatable bonds is 3. The Hall–Kier alpha value is -0.0900. The molecule has 1 aliphatic rings. The molecule has 1 heterocycles. The van der Waals surface area contributed by atoms with E-state index in [0.29, 0.717) is 17.4 Å². The summed E-state index contributed by atoms with van der Waals surface area (Å²) < 4.78 is 22.2. The van der Waals surface area contributed by atoms with Gasteiger partial charge in [-0.05, 0) is 18.9 Å². The Balaban J connectivity index is 2.26. The van der Waals surface area contributed by atoms with Gasteiger partial charge in [0.25, 0.3) is 0 Å². The zero-order valence-electron chi connectivity index (χ0n) is 8.49. The molecule has 78 valence electrons. The van der Waals surface area contributed by atoms with Gasteiger partial charge in [-0.25, -0.2) is 8.42 Å². The summed E-state index contributed by atoms with van der Waals surface area (Å²) in [6, 6.07) is 0. The topological polar surface area (TPSA) is 37.4 Å². The first-order chi connectivity index (χ1) is 5.99. The molecule has 0 saturated carbocycles. The molecule has 0 aliphatic carbocycles. The minimum absolute atomic E-state index is 0.352. The summed E-state index contributed by atoms with van der Waals surface area (Å²) in [5.41, 5.74) is 0. The van der Waals surface area contributed by atoms with Crippen LogP contribution in [0.15, 0.2) is 0 Å². The molecular formula is C9H19NO2S. The lowest BCUT2D eigenvalue weighted by atomic mass is 10.1. The smallest absolute Gasteiger partial charge is 0.152 e. The summed E-state index contributed by atoms with van der Waals surface area (Å²) in [6.07, 6.45) is 1.17. The predicted molar refractivity (Wildman–Crippen MR) is 54.5 cm³/mol. The minimum Gasteiger partial charge on any atom is -0.301 e. The van der Waals surface area contributed by atoms with Crippen molar-refractivity contribution in [3.8, 4) is 0 Å². The molecule has 1 rings (SSSR count). The summed E-state index contributed by atoms with van der Waals surface area (Å²) in [5, 5.41) is 0. The second kappa shape index (κ2) is 4.42. The predicted octanol–water partition coefficient (Wildman–Crippen LogP) is 0.763. The quantitative estimate of drug-likeness (QED) is 0.683. The van der Waals surface area contributed by atoms with Gasteiger partial charge in [0.05, 0.1) is 11.5 Å². The maximum atomic E-state index is 11.1. The zero-order chi connectivity index (χ0) is 9.90. The first kappa shape index (κ1) is 11.0. The van der Waals surface area contributed by atoms with Crippen LogP contribution in [-0.2, 0) is 9.84 Å². The summed E-state index contributed by atoms with van der Waals surface area (Å²) >= 11 is 0. The lowest BCUT2D eigenvalue weighted by Crippen LogP contribution is -2.40. The number of sulfone groups is 1. The number of nitrogens with zero attached hydrogens (tertiary/aromatic N) is 1. The minimum atomic E-state index is -2.70. The zero-order valence-corrected chi connectivity index (χ0v) is 9.31. The van der Waals surface area contributed by atoms with Crippen LogP contribution in [0, 0.1) is 5.92 Å². The summed E-state index contributed by atoms with van der Waals surface area (Å²) in [4.78, 5) is 2.25. The first-order valence-electron chi connectivity index (χ1n) is 4.92. The van der Waals surface area contributed by atoms with E-state index in [1.54, 1.807) is 0 Å². The van der Waals surface area contributed by atoms with E-state index in [4.69, 9.17) is 0 Å². The molecule has 0 bridgehead atoms. The van der Waals surface area contributed by atoms with Gasteiger partial charge in [0.15, 0.2) is 9.84 Å². The molecule has 1 aliphatic heterocycles. The SMILES string of the molecule is CC(C)CCN1CCS(=O)(=O)CC1. The molecular weight excluding hydrogens is 186 g/mol. The molecule has 0 amide bonds. The molecule has 3 nitrogen and oxygen atoms in total. The van der Waals surface area contributed by atoms with E-state index in [-0.39, 0.29) is 0 Å². The standard InChI is InChI=1S/C9H19NO2S/c1-9(2)3-4-10-5-7-13(11,12)8-6-10/h9H,3-8H2,1-2H3. The van der Waals surface area contributed by atoms with E-state index >= 15 is 0 Å². The van der Waals surface area contributed by atoms with Gasteiger partial charge < -0.3 is 4.90 Å². The van der Waals surface area contributed by atoms with E-state index < -0.39 is 9.84 Å². The van der Waals surface area contributed by atoms with Gasteiger partial charge in [0, 0.05) is 13.1 Å². The highest BCUT2D eigenvalue weighted by molar-refractivity contribution is 7.91. The molecule has 0 atom stereocenters. The molecule has 0 unspecified atom stereocenters. The Bertz CT molecular complexity index is 232. The van der Waals surface area contributed by atoms with Gasteiger partial charge in [-0.2, -0.15) is 0 Å². The second-order valence-electron chi connectivity index (χ2n) is 4.18. The highest BCUT2D eigenvalue weighted by Gasteiger charge is 2.20. The lowest BCUT2D eigenvalue weighted by Gasteiger charge is -2.26. The summed E-state index contributed by atoms with van der Waals surface area (Å²) in [5.74, 6) is 1.41. The van der Waals surface area contributed by atoms with Crippen LogP contribution in [0.1, 0.15) is 20.3 Å². The van der Waals surface area contributed by atoms with Crippen molar-refractivity contribution in [2.45, 2.75) is 20.3 Å². The van der Waals surface area contributed by atoms with Crippen LogP contribution in [0.3, 0.4) is 0 Å². The molecule has 4 heteroatoms. The van der Waals surface area contributed by atoms with Crippen LogP contribution >= 0.6 is 0 Å². The van der Waals surface area contributed by atoms with Crippen molar-refractivity contribution in [1.29, 1.82) is 0 Å². The van der Waals surface area contributed by atoms with E-state index in [1.165, 1.54) is 6.42 Å². The summed E-state index contributed by atoms with van der Waals surface area (Å²) in [6.45, 7) is 6.90. The van der Waals surface area contributed by atoms with Crippen LogP contribution in [0.2, 0.25) is 0 Å². The Labute approximate surface area is 81.0 Å². The fourth-order valence-corrected chi connectivity index (χ4v) is 2.69. The molecule has 0 radical (unpaired) electrons. The molecule has 1 fully saturated rings. The maximum absolute atomic E-state index is 11.1. The molecule has 0 aromatic rings. The lowest BCUT2D eigenvalue weighted by molar-refractivity contribution is 0.277. The van der Waals surface area contributed by atoms with Gasteiger partial charge in [-0.1, -0.05) is 13.8 Å². The molecule has 0 aromatic carbocycles. The van der Waals surface area contributed by atoms with Gasteiger partial charge in [-0.3, -0.25) is 0 Å². The number of hydrogen-bond acceptors (Lipinski definition) is 3. The van der Waals surface area contributed by atoms with E-state index in [1.807, 2.05) is 0 Å². The van der Waals surface area contributed by atoms with Crippen LogP contribution in [0.4, 0.5) is 0 Å². The highest BCUT2D eigenvalue weighted by Crippen LogP contribution is 2.07. The second-order valence-corrected chi connectivity index (χ2v) is 6.48. The monoisotopic (exact) mass is 205 g/mol. The number of hydrogen-bond donors (Lipinski definition) is 0. The molecule has 1 saturated heterocycles. The Kier molecular flexibility index (Phi) is 3.74. The average molecular weight is 205 g/mol. The van der Waals surface area contributed by atoms with Crippen molar-refractivity contribution in [3.63, 3.8) is 0 Å². The van der Waals surface area contributed by atoms with Gasteiger partial charge in [-0.15, -0.1) is 0 Å². The van der Waals surface area contributed by atoms with Crippen molar-refractivity contribution < 1.29 is 8.42 Å². The average Bonchev–Trinajstić information content (AvgIpc) is 2.02. The fourth-order valence-electron chi connectivity index (χ4n) is 1.41. The third-order valence-corrected chi connectivity index (χ3v) is 4.07. The Morgan fingerprint density at radius 3 is 2.23 bits per heavy atom. The van der Waals surface area contributed by atoms with Crippen LogP contribution < -0.4 is 0 Å². The molecule has 0 spiro atoms. The molecule has 0 N–H and O–H groups in total. The van der Waals surface area contributed by atoms with Crippen LogP contribution in [0.5, 0.6) is 0 Å². The van der Waals surface area contributed by atoms with Crippen molar-refractivity contribution in [2.24, 2.45) is 5.92 Å². The largest absolute Gasteiger partial charge is 0.301 e. The van der Waals surface area contributed by atoms with Gasteiger partial charge in [0.1, 0.15) is 0 Å². The first-order valence-corrected chi connectivity index (χ1v) is 6.74. The van der Waals surface area contributed by atoms with Crippen LogP contribution in [0.25, 0.3) is 0 Å². The third kappa shape index (κ3) is 4.09. The molecule has 13 heavy (non-hydrogen) atoms. The van der Waals surface area contributed by atoms with Crippen molar-refractivity contribution in [3.05, 3.63) is 0 Å². The van der Waals surface area contributed by atoms with Gasteiger partial charge in [0.2, 0.25) is 0 Å². The van der Waals surface area contributed by atoms with E-state index in [0.717, 1.165) is 19.6 Å². The van der Waals surface area contributed by atoms with Gasteiger partial charge >= 0.3 is 0 Å². The maximum Gasteiger partial charge on any atom is 0.152 e. The van der Waals surface area contributed by atoms with Crippen molar-refractivity contribution in [2.75, 3.05) is 31.1 Å². The highest BCUT2D eigenvalue weighted by atomic mass is 32.2. The fraction of sp³-hybridized carbons (Fsp3) is 1.00.